The van der Waals surface area contributed by atoms with Gasteiger partial charge in [0.05, 0.1) is 37.1 Å². The number of ether oxygens (including phenoxy) is 2. The van der Waals surface area contributed by atoms with Crippen LogP contribution in [0.3, 0.4) is 0 Å². The molecule has 2 aliphatic rings. The second-order valence-electron chi connectivity index (χ2n) is 11.3. The number of fused-ring (bicyclic) bond motifs is 1. The van der Waals surface area contributed by atoms with Gasteiger partial charge in [-0.25, -0.2) is 4.98 Å². The molecule has 1 unspecified atom stereocenters. The summed E-state index contributed by atoms with van der Waals surface area (Å²) in [6, 6.07) is 10.6. The maximum absolute atomic E-state index is 13.6. The Morgan fingerprint density at radius 1 is 1.12 bits per heavy atom. The lowest BCUT2D eigenvalue weighted by molar-refractivity contribution is -0.140. The number of nitrogens with zero attached hydrogens (tertiary/aromatic N) is 4. The first-order chi connectivity index (χ1) is 19.8. The number of carbonyl (C=O) groups excluding carboxylic acids is 2. The lowest BCUT2D eigenvalue weighted by Crippen LogP contribution is -2.38. The number of Topliss-reactive ketones (excluding diaryl/α,β-unsaturated/α-hetero) is 1. The van der Waals surface area contributed by atoms with E-state index in [0.29, 0.717) is 61.5 Å². The van der Waals surface area contributed by atoms with Crippen LogP contribution in [-0.2, 0) is 14.3 Å². The standard InChI is InChI=1S/C32H40N4O5/c1-21(2)11-17-41-25-10-5-9-24(20-25)28-26(29(37)27-23(4)35-13-6-8-22(3)31(35)33-27)30(38)32(39)36(28)14-7-12-34-15-18-40-19-16-34/h5-6,8-10,13,20-21,28,37H,7,11-12,14-19H2,1-4H3/b29-26+. The molecule has 1 N–H and O–H groups in total. The zero-order valence-corrected chi connectivity index (χ0v) is 24.4. The Morgan fingerprint density at radius 2 is 1.90 bits per heavy atom. The number of carbonyl (C=O) groups is 2. The summed E-state index contributed by atoms with van der Waals surface area (Å²) in [6.45, 7) is 12.9. The molecule has 0 aliphatic carbocycles. The summed E-state index contributed by atoms with van der Waals surface area (Å²) >= 11 is 0. The summed E-state index contributed by atoms with van der Waals surface area (Å²) in [5, 5.41) is 11.7. The first kappa shape index (κ1) is 28.8. The molecule has 4 heterocycles. The summed E-state index contributed by atoms with van der Waals surface area (Å²) in [4.78, 5) is 35.7. The summed E-state index contributed by atoms with van der Waals surface area (Å²) in [5.41, 5.74) is 3.43. The smallest absolute Gasteiger partial charge is 0.295 e. The molecule has 2 aromatic heterocycles. The molecule has 2 fully saturated rings. The molecule has 2 aliphatic heterocycles. The number of benzene rings is 1. The van der Waals surface area contributed by atoms with E-state index in [2.05, 4.69) is 18.7 Å². The zero-order valence-electron chi connectivity index (χ0n) is 24.4. The average molecular weight is 561 g/mol. The van der Waals surface area contributed by atoms with E-state index in [1.165, 1.54) is 0 Å². The second-order valence-corrected chi connectivity index (χ2v) is 11.3. The number of likely N-dealkylation sites (tertiary alicyclic amines) is 1. The van der Waals surface area contributed by atoms with E-state index in [1.807, 2.05) is 60.8 Å². The van der Waals surface area contributed by atoms with Crippen molar-refractivity contribution in [1.29, 1.82) is 0 Å². The lowest BCUT2D eigenvalue weighted by Gasteiger charge is -2.29. The maximum atomic E-state index is 13.6. The summed E-state index contributed by atoms with van der Waals surface area (Å²) in [6.07, 6.45) is 3.48. The van der Waals surface area contributed by atoms with Gasteiger partial charge in [-0.1, -0.05) is 32.0 Å². The largest absolute Gasteiger partial charge is 0.505 e. The highest BCUT2D eigenvalue weighted by atomic mass is 16.5. The maximum Gasteiger partial charge on any atom is 0.295 e. The predicted molar refractivity (Wildman–Crippen MR) is 157 cm³/mol. The van der Waals surface area contributed by atoms with E-state index in [-0.39, 0.29) is 11.3 Å². The highest BCUT2D eigenvalue weighted by Gasteiger charge is 2.46. The third kappa shape index (κ3) is 6.01. The van der Waals surface area contributed by atoms with Crippen LogP contribution in [0.5, 0.6) is 5.75 Å². The van der Waals surface area contributed by atoms with E-state index in [9.17, 15) is 14.7 Å². The summed E-state index contributed by atoms with van der Waals surface area (Å²) in [5.74, 6) is -0.383. The Hall–Kier alpha value is -3.69. The van der Waals surface area contributed by atoms with Gasteiger partial charge < -0.3 is 23.9 Å². The molecule has 0 spiro atoms. The topological polar surface area (TPSA) is 96.6 Å². The van der Waals surface area contributed by atoms with E-state index in [0.717, 1.165) is 37.2 Å². The Labute approximate surface area is 241 Å². The Morgan fingerprint density at radius 3 is 2.63 bits per heavy atom. The normalized spacial score (nSPS) is 19.5. The van der Waals surface area contributed by atoms with Crippen molar-refractivity contribution in [3.05, 3.63) is 70.7 Å². The van der Waals surface area contributed by atoms with Crippen LogP contribution in [0.4, 0.5) is 0 Å². The number of aryl methyl sites for hydroxylation is 2. The molecule has 1 amide bonds. The van der Waals surface area contributed by atoms with Gasteiger partial charge >= 0.3 is 0 Å². The zero-order chi connectivity index (χ0) is 29.1. The number of hydrogen-bond acceptors (Lipinski definition) is 7. The fourth-order valence-electron chi connectivity index (χ4n) is 5.61. The van der Waals surface area contributed by atoms with E-state index < -0.39 is 17.7 Å². The number of pyridine rings is 1. The van der Waals surface area contributed by atoms with Crippen LogP contribution in [0.15, 0.2) is 48.2 Å². The minimum atomic E-state index is -0.751. The number of ketones is 1. The number of hydrogen-bond donors (Lipinski definition) is 1. The molecule has 9 nitrogen and oxygen atoms in total. The predicted octanol–water partition coefficient (Wildman–Crippen LogP) is 4.52. The van der Waals surface area contributed by atoms with Crippen LogP contribution in [0.1, 0.15) is 55.2 Å². The summed E-state index contributed by atoms with van der Waals surface area (Å²) < 4.78 is 13.4. The van der Waals surface area contributed by atoms with Gasteiger partial charge in [-0.3, -0.25) is 14.5 Å². The van der Waals surface area contributed by atoms with Crippen molar-refractivity contribution >= 4 is 23.1 Å². The molecular formula is C32H40N4O5. The van der Waals surface area contributed by atoms with Crippen molar-refractivity contribution < 1.29 is 24.2 Å². The highest BCUT2D eigenvalue weighted by Crippen LogP contribution is 2.41. The van der Waals surface area contributed by atoms with Gasteiger partial charge in [-0.15, -0.1) is 0 Å². The first-order valence-corrected chi connectivity index (χ1v) is 14.5. The number of rotatable bonds is 10. The lowest BCUT2D eigenvalue weighted by atomic mass is 9.96. The molecular weight excluding hydrogens is 520 g/mol. The minimum absolute atomic E-state index is 0.0601. The SMILES string of the molecule is Cc1cccn2c(C)c(/C(O)=C3\C(=O)C(=O)N(CCCN4CCOCC4)C3c3cccc(OCCC(C)C)c3)nc12. The third-order valence-electron chi connectivity index (χ3n) is 7.96. The van der Waals surface area contributed by atoms with Crippen LogP contribution in [0.25, 0.3) is 11.4 Å². The molecule has 3 aromatic rings. The Bertz CT molecular complexity index is 1450. The quantitative estimate of drug-likeness (QED) is 0.221. The van der Waals surface area contributed by atoms with E-state index >= 15 is 0 Å². The van der Waals surface area contributed by atoms with Crippen molar-refractivity contribution in [3.8, 4) is 5.75 Å². The third-order valence-corrected chi connectivity index (χ3v) is 7.96. The van der Waals surface area contributed by atoms with Crippen molar-refractivity contribution in [1.82, 2.24) is 19.2 Å². The van der Waals surface area contributed by atoms with Crippen LogP contribution >= 0.6 is 0 Å². The fraction of sp³-hybridized carbons (Fsp3) is 0.469. The van der Waals surface area contributed by atoms with Crippen molar-refractivity contribution in [3.63, 3.8) is 0 Å². The van der Waals surface area contributed by atoms with Crippen molar-refractivity contribution in [2.24, 2.45) is 5.92 Å². The number of aromatic nitrogens is 2. The molecule has 5 rings (SSSR count). The number of aliphatic hydroxyl groups is 1. The molecule has 1 aromatic carbocycles. The average Bonchev–Trinajstić information content (AvgIpc) is 3.43. The second kappa shape index (κ2) is 12.4. The number of aliphatic hydroxyl groups excluding tert-OH is 1. The Balaban J connectivity index is 1.53. The Kier molecular flexibility index (Phi) is 8.75. The summed E-state index contributed by atoms with van der Waals surface area (Å²) in [7, 11) is 0. The molecule has 0 radical (unpaired) electrons. The highest BCUT2D eigenvalue weighted by molar-refractivity contribution is 6.46. The fourth-order valence-corrected chi connectivity index (χ4v) is 5.61. The van der Waals surface area contributed by atoms with E-state index in [4.69, 9.17) is 14.5 Å². The van der Waals surface area contributed by atoms with Crippen molar-refractivity contribution in [2.45, 2.75) is 46.6 Å². The minimum Gasteiger partial charge on any atom is -0.505 e. The van der Waals surface area contributed by atoms with Gasteiger partial charge in [0, 0.05) is 32.4 Å². The molecule has 2 saturated heterocycles. The molecule has 1 atom stereocenters. The molecule has 41 heavy (non-hydrogen) atoms. The van der Waals surface area contributed by atoms with Crippen LogP contribution in [0, 0.1) is 19.8 Å². The van der Waals surface area contributed by atoms with E-state index in [1.54, 1.807) is 4.90 Å². The van der Waals surface area contributed by atoms with Crippen LogP contribution in [-0.4, -0.2) is 82.0 Å². The van der Waals surface area contributed by atoms with Gasteiger partial charge in [0.25, 0.3) is 11.7 Å². The first-order valence-electron chi connectivity index (χ1n) is 14.5. The number of morpholine rings is 1. The van der Waals surface area contributed by atoms with Gasteiger partial charge in [0.2, 0.25) is 0 Å². The molecule has 9 heteroatoms. The molecule has 218 valence electrons. The number of amides is 1. The van der Waals surface area contributed by atoms with Gasteiger partial charge in [0.1, 0.15) is 17.1 Å². The monoisotopic (exact) mass is 560 g/mol. The van der Waals surface area contributed by atoms with Gasteiger partial charge in [0.15, 0.2) is 5.76 Å². The molecule has 0 saturated carbocycles. The van der Waals surface area contributed by atoms with Gasteiger partial charge in [-0.05, 0) is 61.9 Å². The van der Waals surface area contributed by atoms with Crippen LogP contribution in [0.2, 0.25) is 0 Å². The molecule has 0 bridgehead atoms. The number of imidazole rings is 1. The van der Waals surface area contributed by atoms with Crippen molar-refractivity contribution in [2.75, 3.05) is 46.0 Å². The van der Waals surface area contributed by atoms with Gasteiger partial charge in [-0.2, -0.15) is 0 Å². The van der Waals surface area contributed by atoms with Crippen LogP contribution < -0.4 is 4.74 Å².